The van der Waals surface area contributed by atoms with E-state index in [-0.39, 0.29) is 0 Å². The largest absolute Gasteiger partial charge is 0.316 e. The molecule has 0 saturated heterocycles. The highest BCUT2D eigenvalue weighted by Crippen LogP contribution is 2.62. The fourth-order valence-corrected chi connectivity index (χ4v) is 8.01. The van der Waals surface area contributed by atoms with Gasteiger partial charge in [0.1, 0.15) is 0 Å². The van der Waals surface area contributed by atoms with E-state index >= 15 is 0 Å². The number of nitrogens with zero attached hydrogens (tertiary/aromatic N) is 1. The Bertz CT molecular complexity index is 1350. The summed E-state index contributed by atoms with van der Waals surface area (Å²) in [5.74, 6) is 3.08. The Morgan fingerprint density at radius 2 is 1.82 bits per heavy atom. The van der Waals surface area contributed by atoms with Crippen molar-refractivity contribution in [1.29, 1.82) is 0 Å². The molecule has 1 heterocycles. The second-order valence-electron chi connectivity index (χ2n) is 12.2. The molecule has 7 rings (SSSR count). The minimum atomic E-state index is 0.397. The molecule has 4 aliphatic rings. The van der Waals surface area contributed by atoms with Crippen LogP contribution < -0.4 is 5.32 Å². The molecular weight excluding hydrogens is 460 g/mol. The number of fused-ring (bicyclic) bond motifs is 5. The fraction of sp³-hybridized carbons (Fsp3) is 0.417. The third-order valence-electron chi connectivity index (χ3n) is 10.0. The molecule has 0 radical (unpaired) electrons. The van der Waals surface area contributed by atoms with Crippen molar-refractivity contribution in [2.45, 2.75) is 64.3 Å². The van der Waals surface area contributed by atoms with Crippen LogP contribution in [0.15, 0.2) is 102 Å². The predicted molar refractivity (Wildman–Crippen MR) is 160 cm³/mol. The highest BCUT2D eigenvalue weighted by Gasteiger charge is 2.52. The van der Waals surface area contributed by atoms with Crippen molar-refractivity contribution in [3.8, 4) is 0 Å². The molecule has 1 aromatic heterocycles. The monoisotopic (exact) mass is 502 g/mol. The predicted octanol–water partition coefficient (Wildman–Crippen LogP) is 8.77. The van der Waals surface area contributed by atoms with Gasteiger partial charge in [-0.3, -0.25) is 4.98 Å². The molecule has 0 bridgehead atoms. The molecule has 38 heavy (non-hydrogen) atoms. The van der Waals surface area contributed by atoms with Gasteiger partial charge in [-0.1, -0.05) is 73.7 Å². The van der Waals surface area contributed by atoms with E-state index in [1.807, 2.05) is 37.6 Å². The van der Waals surface area contributed by atoms with Crippen LogP contribution in [0.25, 0.3) is 10.8 Å². The summed E-state index contributed by atoms with van der Waals surface area (Å²) in [5, 5.41) is 5.68. The van der Waals surface area contributed by atoms with E-state index in [0.717, 1.165) is 24.3 Å². The Morgan fingerprint density at radius 3 is 2.68 bits per heavy atom. The number of rotatable bonds is 3. The van der Waals surface area contributed by atoms with E-state index < -0.39 is 0 Å². The normalized spacial score (nSPS) is 29.6. The number of hydrogen-bond acceptors (Lipinski definition) is 2. The maximum absolute atomic E-state index is 4.36. The van der Waals surface area contributed by atoms with Crippen LogP contribution in [0.2, 0.25) is 0 Å². The van der Waals surface area contributed by atoms with Gasteiger partial charge in [0.15, 0.2) is 0 Å². The lowest BCUT2D eigenvalue weighted by Crippen LogP contribution is -2.35. The Hall–Kier alpha value is -2.97. The third kappa shape index (κ3) is 4.92. The van der Waals surface area contributed by atoms with E-state index in [4.69, 9.17) is 0 Å². The fourth-order valence-electron chi connectivity index (χ4n) is 8.01. The van der Waals surface area contributed by atoms with Crippen LogP contribution in [0.5, 0.6) is 0 Å². The van der Waals surface area contributed by atoms with Crippen LogP contribution in [0.4, 0.5) is 0 Å². The van der Waals surface area contributed by atoms with Gasteiger partial charge >= 0.3 is 0 Å². The standard InChI is InChI=1S/C28H31N.C8H11N/c1-28-14-12-22-16-21-5-3-2-4-19(21)8-9-25(22)27(28)11-10-26(28)23-7-6-20-13-15-29-18-24(20)17-23;1-9-7-8-5-3-2-4-6-8/h3,5-7,12-13,15-19,25-27H,2,4,8-11,14H2,1H3;2-6,9H,7H2,1H3. The summed E-state index contributed by atoms with van der Waals surface area (Å²) in [7, 11) is 1.95. The van der Waals surface area contributed by atoms with Crippen molar-refractivity contribution >= 4 is 10.8 Å². The summed E-state index contributed by atoms with van der Waals surface area (Å²) in [6, 6.07) is 19.6. The molecule has 1 fully saturated rings. The van der Waals surface area contributed by atoms with E-state index in [2.05, 4.69) is 77.9 Å². The minimum absolute atomic E-state index is 0.397. The third-order valence-corrected chi connectivity index (χ3v) is 10.0. The van der Waals surface area contributed by atoms with Crippen molar-refractivity contribution in [2.24, 2.45) is 23.2 Å². The van der Waals surface area contributed by atoms with Gasteiger partial charge in [-0.25, -0.2) is 0 Å². The van der Waals surface area contributed by atoms with Crippen LogP contribution in [0, 0.1) is 23.2 Å². The second kappa shape index (κ2) is 11.0. The minimum Gasteiger partial charge on any atom is -0.316 e. The molecule has 0 amide bonds. The van der Waals surface area contributed by atoms with Crippen LogP contribution in [0.1, 0.15) is 68.9 Å². The van der Waals surface area contributed by atoms with Crippen molar-refractivity contribution < 1.29 is 0 Å². The number of aromatic nitrogens is 1. The van der Waals surface area contributed by atoms with Crippen molar-refractivity contribution in [2.75, 3.05) is 7.05 Å². The van der Waals surface area contributed by atoms with Crippen molar-refractivity contribution in [3.05, 3.63) is 114 Å². The summed E-state index contributed by atoms with van der Waals surface area (Å²) in [6.07, 6.45) is 23.3. The average Bonchev–Trinajstić information content (AvgIpc) is 3.19. The molecule has 2 nitrogen and oxygen atoms in total. The van der Waals surface area contributed by atoms with Gasteiger partial charge in [-0.15, -0.1) is 0 Å². The molecule has 0 aliphatic heterocycles. The van der Waals surface area contributed by atoms with Gasteiger partial charge in [0.2, 0.25) is 0 Å². The first-order valence-corrected chi connectivity index (χ1v) is 14.8. The van der Waals surface area contributed by atoms with Gasteiger partial charge in [0.25, 0.3) is 0 Å². The zero-order valence-corrected chi connectivity index (χ0v) is 23.1. The zero-order chi connectivity index (χ0) is 26.0. The Kier molecular flexibility index (Phi) is 7.34. The molecule has 4 aliphatic carbocycles. The number of nitrogens with one attached hydrogen (secondary N) is 1. The molecule has 2 aromatic carbocycles. The smallest absolute Gasteiger partial charge is 0.0346 e. The van der Waals surface area contributed by atoms with Gasteiger partial charge in [0.05, 0.1) is 0 Å². The van der Waals surface area contributed by atoms with E-state index in [1.54, 1.807) is 11.1 Å². The highest BCUT2D eigenvalue weighted by molar-refractivity contribution is 5.82. The van der Waals surface area contributed by atoms with Crippen molar-refractivity contribution in [1.82, 2.24) is 10.3 Å². The number of allylic oxidation sites excluding steroid dienone is 6. The molecule has 0 spiro atoms. The maximum atomic E-state index is 4.36. The summed E-state index contributed by atoms with van der Waals surface area (Å²) in [6.45, 7) is 3.56. The molecule has 2 heteroatoms. The maximum Gasteiger partial charge on any atom is 0.0346 e. The van der Waals surface area contributed by atoms with Gasteiger partial charge in [-0.05, 0) is 121 Å². The lowest BCUT2D eigenvalue weighted by atomic mass is 9.60. The molecule has 196 valence electrons. The zero-order valence-electron chi connectivity index (χ0n) is 23.1. The van der Waals surface area contributed by atoms with Crippen LogP contribution in [-0.2, 0) is 6.54 Å². The quantitative estimate of drug-likeness (QED) is 0.387. The Labute approximate surface area is 229 Å². The van der Waals surface area contributed by atoms with Gasteiger partial charge < -0.3 is 5.32 Å². The van der Waals surface area contributed by atoms with E-state index in [0.29, 0.717) is 11.3 Å². The molecule has 3 aromatic rings. The summed E-state index contributed by atoms with van der Waals surface area (Å²) >= 11 is 0. The SMILES string of the molecule is CC12CC=C3C=C4C=CCCC4CCC3C1CCC2c1ccc2ccncc2c1.CNCc1ccccc1. The van der Waals surface area contributed by atoms with Gasteiger partial charge in [0, 0.05) is 24.3 Å². The lowest BCUT2D eigenvalue weighted by Gasteiger charge is -2.44. The van der Waals surface area contributed by atoms with Crippen LogP contribution >= 0.6 is 0 Å². The first-order valence-electron chi connectivity index (χ1n) is 14.8. The van der Waals surface area contributed by atoms with Crippen LogP contribution in [0.3, 0.4) is 0 Å². The van der Waals surface area contributed by atoms with E-state index in [9.17, 15) is 0 Å². The molecule has 1 saturated carbocycles. The summed E-state index contributed by atoms with van der Waals surface area (Å²) < 4.78 is 0. The van der Waals surface area contributed by atoms with Crippen LogP contribution in [-0.4, -0.2) is 12.0 Å². The number of benzene rings is 2. The van der Waals surface area contributed by atoms with Crippen molar-refractivity contribution in [3.63, 3.8) is 0 Å². The summed E-state index contributed by atoms with van der Waals surface area (Å²) in [4.78, 5) is 4.36. The average molecular weight is 503 g/mol. The molecule has 1 N–H and O–H groups in total. The topological polar surface area (TPSA) is 24.9 Å². The number of pyridine rings is 1. The first-order chi connectivity index (χ1) is 18.7. The Morgan fingerprint density at radius 1 is 0.921 bits per heavy atom. The van der Waals surface area contributed by atoms with Gasteiger partial charge in [-0.2, -0.15) is 0 Å². The second-order valence-corrected chi connectivity index (χ2v) is 12.2. The highest BCUT2D eigenvalue weighted by atomic mass is 14.8. The lowest BCUT2D eigenvalue weighted by molar-refractivity contribution is 0.137. The first kappa shape index (κ1) is 25.3. The molecule has 5 atom stereocenters. The Balaban J connectivity index is 0.000000251. The number of hydrogen-bond donors (Lipinski definition) is 1. The molecule has 5 unspecified atom stereocenters. The molecular formula is C36H42N2. The summed E-state index contributed by atoms with van der Waals surface area (Å²) in [5.41, 5.74) is 6.55. The van der Waals surface area contributed by atoms with E-state index in [1.165, 1.54) is 66.8 Å².